The van der Waals surface area contributed by atoms with Crippen LogP contribution in [0.4, 0.5) is 0 Å². The third kappa shape index (κ3) is 3.43. The Balaban J connectivity index is 2.47. The smallest absolute Gasteiger partial charge is 0.125 e. The maximum atomic E-state index is 11.2. The third-order valence-corrected chi connectivity index (χ3v) is 3.82. The number of aryl methyl sites for hydroxylation is 1. The van der Waals surface area contributed by atoms with E-state index in [1.807, 2.05) is 24.7 Å². The minimum atomic E-state index is -0.769. The summed E-state index contributed by atoms with van der Waals surface area (Å²) in [5.41, 5.74) is 0. The summed E-state index contributed by atoms with van der Waals surface area (Å²) in [5.74, 6) is 1.00. The van der Waals surface area contributed by atoms with Crippen LogP contribution in [0.5, 0.6) is 0 Å². The summed E-state index contributed by atoms with van der Waals surface area (Å²) >= 11 is 0. The average Bonchev–Trinajstić information content (AvgIpc) is 2.60. The molecular formula is C10H19N3OS. The SMILES string of the molecule is CC(NCC(C)S(C)=O)c1nccn1C. The number of rotatable bonds is 5. The fourth-order valence-electron chi connectivity index (χ4n) is 1.35. The van der Waals surface area contributed by atoms with E-state index >= 15 is 0 Å². The first-order valence-corrected chi connectivity index (χ1v) is 6.67. The van der Waals surface area contributed by atoms with Gasteiger partial charge in [-0.3, -0.25) is 4.21 Å². The molecule has 1 aromatic heterocycles. The van der Waals surface area contributed by atoms with Crippen LogP contribution in [0.1, 0.15) is 25.7 Å². The monoisotopic (exact) mass is 229 g/mol. The molecule has 0 saturated heterocycles. The molecule has 0 amide bonds. The molecule has 86 valence electrons. The fourth-order valence-corrected chi connectivity index (χ4v) is 1.68. The molecule has 3 atom stereocenters. The van der Waals surface area contributed by atoms with Crippen LogP contribution in [0.2, 0.25) is 0 Å². The van der Waals surface area contributed by atoms with E-state index in [-0.39, 0.29) is 11.3 Å². The third-order valence-electron chi connectivity index (χ3n) is 2.52. The minimum absolute atomic E-state index is 0.174. The molecule has 1 heterocycles. The first-order valence-electron chi connectivity index (χ1n) is 5.05. The number of hydrogen-bond acceptors (Lipinski definition) is 3. The highest BCUT2D eigenvalue weighted by Gasteiger charge is 2.12. The highest BCUT2D eigenvalue weighted by Crippen LogP contribution is 2.08. The average molecular weight is 229 g/mol. The quantitative estimate of drug-likeness (QED) is 0.814. The van der Waals surface area contributed by atoms with E-state index in [9.17, 15) is 4.21 Å². The number of hydrogen-bond donors (Lipinski definition) is 1. The second-order valence-corrected chi connectivity index (χ2v) is 5.64. The van der Waals surface area contributed by atoms with Crippen molar-refractivity contribution in [3.8, 4) is 0 Å². The molecule has 0 aromatic carbocycles. The Morgan fingerprint density at radius 2 is 2.27 bits per heavy atom. The molecule has 0 aliphatic heterocycles. The van der Waals surface area contributed by atoms with Gasteiger partial charge in [0.15, 0.2) is 0 Å². The first kappa shape index (κ1) is 12.4. The number of nitrogens with one attached hydrogen (secondary N) is 1. The topological polar surface area (TPSA) is 46.9 Å². The standard InChI is InChI=1S/C10H19N3OS/c1-8(15(4)14)7-12-9(2)10-11-5-6-13(10)3/h5-6,8-9,12H,7H2,1-4H3. The van der Waals surface area contributed by atoms with Crippen LogP contribution in [0.25, 0.3) is 0 Å². The van der Waals surface area contributed by atoms with Gasteiger partial charge in [-0.15, -0.1) is 0 Å². The number of nitrogens with zero attached hydrogens (tertiary/aromatic N) is 2. The summed E-state index contributed by atoms with van der Waals surface area (Å²) in [4.78, 5) is 4.26. The Labute approximate surface area is 93.5 Å². The van der Waals surface area contributed by atoms with Gasteiger partial charge < -0.3 is 9.88 Å². The summed E-state index contributed by atoms with van der Waals surface area (Å²) in [6, 6.07) is 0.191. The zero-order chi connectivity index (χ0) is 11.4. The van der Waals surface area contributed by atoms with Crippen LogP contribution in [0.15, 0.2) is 12.4 Å². The van der Waals surface area contributed by atoms with Gasteiger partial charge in [-0.05, 0) is 13.8 Å². The van der Waals surface area contributed by atoms with Crippen LogP contribution < -0.4 is 5.32 Å². The van der Waals surface area contributed by atoms with Crippen molar-refractivity contribution in [1.82, 2.24) is 14.9 Å². The van der Waals surface area contributed by atoms with Crippen molar-refractivity contribution < 1.29 is 4.21 Å². The molecule has 0 spiro atoms. The molecule has 0 saturated carbocycles. The second-order valence-electron chi connectivity index (χ2n) is 3.84. The lowest BCUT2D eigenvalue weighted by molar-refractivity contribution is 0.529. The van der Waals surface area contributed by atoms with E-state index < -0.39 is 10.8 Å². The van der Waals surface area contributed by atoms with Gasteiger partial charge in [0.25, 0.3) is 0 Å². The fraction of sp³-hybridized carbons (Fsp3) is 0.700. The van der Waals surface area contributed by atoms with Crippen LogP contribution in [-0.4, -0.2) is 31.8 Å². The van der Waals surface area contributed by atoms with Gasteiger partial charge in [-0.2, -0.15) is 0 Å². The Morgan fingerprint density at radius 3 is 2.73 bits per heavy atom. The van der Waals surface area contributed by atoms with Crippen LogP contribution >= 0.6 is 0 Å². The van der Waals surface area contributed by atoms with Crippen LogP contribution in [0, 0.1) is 0 Å². The lowest BCUT2D eigenvalue weighted by Crippen LogP contribution is -2.30. The van der Waals surface area contributed by atoms with Crippen molar-refractivity contribution in [3.63, 3.8) is 0 Å². The van der Waals surface area contributed by atoms with Crippen molar-refractivity contribution in [1.29, 1.82) is 0 Å². The van der Waals surface area contributed by atoms with Crippen molar-refractivity contribution in [2.75, 3.05) is 12.8 Å². The molecule has 0 aliphatic carbocycles. The maximum absolute atomic E-state index is 11.2. The first-order chi connectivity index (χ1) is 7.02. The maximum Gasteiger partial charge on any atom is 0.125 e. The van der Waals surface area contributed by atoms with E-state index in [0.29, 0.717) is 0 Å². The molecule has 3 unspecified atom stereocenters. The summed E-state index contributed by atoms with van der Waals surface area (Å²) < 4.78 is 13.2. The Bertz CT molecular complexity index is 337. The van der Waals surface area contributed by atoms with Crippen molar-refractivity contribution in [2.45, 2.75) is 25.1 Å². The molecule has 5 heteroatoms. The number of aromatic nitrogens is 2. The highest BCUT2D eigenvalue weighted by molar-refractivity contribution is 7.84. The predicted octanol–water partition coefficient (Wildman–Crippen LogP) is 0.838. The normalized spacial score (nSPS) is 17.3. The molecular weight excluding hydrogens is 210 g/mol. The minimum Gasteiger partial charge on any atom is -0.337 e. The van der Waals surface area contributed by atoms with E-state index in [1.165, 1.54) is 0 Å². The number of imidazole rings is 1. The molecule has 15 heavy (non-hydrogen) atoms. The highest BCUT2D eigenvalue weighted by atomic mass is 32.2. The van der Waals surface area contributed by atoms with Gasteiger partial charge in [-0.25, -0.2) is 4.98 Å². The molecule has 1 rings (SSSR count). The zero-order valence-corrected chi connectivity index (χ0v) is 10.5. The lowest BCUT2D eigenvalue weighted by atomic mass is 10.3. The Kier molecular flexibility index (Phi) is 4.47. The second kappa shape index (κ2) is 5.42. The Morgan fingerprint density at radius 1 is 1.60 bits per heavy atom. The summed E-state index contributed by atoms with van der Waals surface area (Å²) in [5, 5.41) is 3.50. The molecule has 0 fully saturated rings. The molecule has 0 aliphatic rings. The van der Waals surface area contributed by atoms with Crippen molar-refractivity contribution in [2.24, 2.45) is 7.05 Å². The van der Waals surface area contributed by atoms with Crippen molar-refractivity contribution in [3.05, 3.63) is 18.2 Å². The lowest BCUT2D eigenvalue weighted by Gasteiger charge is -2.16. The summed E-state index contributed by atoms with van der Waals surface area (Å²) in [6.45, 7) is 4.79. The molecule has 0 bridgehead atoms. The van der Waals surface area contributed by atoms with Gasteiger partial charge in [0.2, 0.25) is 0 Å². The predicted molar refractivity (Wildman–Crippen MR) is 63.2 cm³/mol. The van der Waals surface area contributed by atoms with Crippen LogP contribution in [-0.2, 0) is 17.8 Å². The molecule has 1 aromatic rings. The van der Waals surface area contributed by atoms with Gasteiger partial charge in [0.1, 0.15) is 5.82 Å². The van der Waals surface area contributed by atoms with E-state index in [0.717, 1.165) is 12.4 Å². The van der Waals surface area contributed by atoms with E-state index in [4.69, 9.17) is 0 Å². The van der Waals surface area contributed by atoms with Gasteiger partial charge in [-0.1, -0.05) is 0 Å². The van der Waals surface area contributed by atoms with Gasteiger partial charge in [0, 0.05) is 48.3 Å². The summed E-state index contributed by atoms with van der Waals surface area (Å²) in [6.07, 6.45) is 5.45. The largest absolute Gasteiger partial charge is 0.337 e. The molecule has 1 N–H and O–H groups in total. The van der Waals surface area contributed by atoms with Crippen molar-refractivity contribution >= 4 is 10.8 Å². The zero-order valence-electron chi connectivity index (χ0n) is 9.73. The molecule has 0 radical (unpaired) electrons. The summed E-state index contributed by atoms with van der Waals surface area (Å²) in [7, 11) is 1.21. The molecule has 4 nitrogen and oxygen atoms in total. The van der Waals surface area contributed by atoms with E-state index in [2.05, 4.69) is 17.2 Å². The van der Waals surface area contributed by atoms with Gasteiger partial charge >= 0.3 is 0 Å². The van der Waals surface area contributed by atoms with E-state index in [1.54, 1.807) is 12.5 Å². The Hall–Kier alpha value is -0.680. The van der Waals surface area contributed by atoms with Gasteiger partial charge in [0.05, 0.1) is 6.04 Å². The van der Waals surface area contributed by atoms with Crippen LogP contribution in [0.3, 0.4) is 0 Å².